The highest BCUT2D eigenvalue weighted by Gasteiger charge is 2.06. The average Bonchev–Trinajstić information content (AvgIpc) is 2.46. The zero-order valence-corrected chi connectivity index (χ0v) is 19.9. The molecule has 0 spiro atoms. The fraction of sp³-hybridized carbons (Fsp3) is 0.737. The predicted octanol–water partition coefficient (Wildman–Crippen LogP) is 2.51. The normalized spacial score (nSPS) is 11.2. The number of carbonyl (C=O) groups is 1. The summed E-state index contributed by atoms with van der Waals surface area (Å²) in [5.74, 6) is 0.0348. The number of amides is 1. The summed E-state index contributed by atoms with van der Waals surface area (Å²) in [5.41, 5.74) is 0. The van der Waals surface area contributed by atoms with E-state index >= 15 is 0 Å². The lowest BCUT2D eigenvalue weighted by Gasteiger charge is -2.23. The second kappa shape index (κ2) is 17.6. The number of nitrogens with one attached hydrogen (secondary N) is 1. The lowest BCUT2D eigenvalue weighted by molar-refractivity contribution is -0.869. The average molecular weight is 503 g/mol. The van der Waals surface area contributed by atoms with Crippen LogP contribution in [0.15, 0.2) is 21.6 Å². The van der Waals surface area contributed by atoms with E-state index in [1.54, 1.807) is 6.08 Å². The first-order chi connectivity index (χ1) is 11.3. The highest BCUT2D eigenvalue weighted by atomic mass is 79.9. The molecule has 148 valence electrons. The van der Waals surface area contributed by atoms with Crippen LogP contribution in [-0.4, -0.2) is 44.6 Å². The third-order valence-electron chi connectivity index (χ3n) is 3.72. The first kappa shape index (κ1) is 27.4. The molecule has 0 aliphatic heterocycles. The van der Waals surface area contributed by atoms with Gasteiger partial charge in [-0.25, -0.2) is 0 Å². The van der Waals surface area contributed by atoms with Crippen molar-refractivity contribution in [2.24, 2.45) is 0 Å². The van der Waals surface area contributed by atoms with Gasteiger partial charge < -0.3 is 22.2 Å². The minimum Gasteiger partial charge on any atom is -1.00 e. The summed E-state index contributed by atoms with van der Waals surface area (Å²) in [4.78, 5) is 11.6. The number of allylic oxidation sites excluding steroid dienone is 2. The number of carbonyl (C=O) groups excluding carboxylic acids is 1. The van der Waals surface area contributed by atoms with Crippen LogP contribution in [0, 0.1) is 0 Å². The molecule has 0 saturated carbocycles. The molecule has 3 nitrogen and oxygen atoms in total. The zero-order valence-electron chi connectivity index (χ0n) is 16.0. The molecule has 0 atom stereocenters. The number of likely N-dealkylation sites (N-methyl/N-ethyl adjacent to an activating group) is 1. The Hall–Kier alpha value is 0.160. The minimum absolute atomic E-state index is 0. The number of hydrogen-bond acceptors (Lipinski definition) is 1. The Morgan fingerprint density at radius 1 is 0.920 bits per heavy atom. The van der Waals surface area contributed by atoms with Gasteiger partial charge in [0.2, 0.25) is 5.91 Å². The Labute approximate surface area is 177 Å². The maximum atomic E-state index is 11.6. The molecule has 0 aromatic carbocycles. The molecule has 0 heterocycles. The predicted molar refractivity (Wildman–Crippen MR) is 113 cm³/mol. The number of unbranched alkanes of at least 4 members (excludes halogenated alkanes) is 8. The van der Waals surface area contributed by atoms with Crippen LogP contribution in [0.25, 0.3) is 0 Å². The van der Waals surface area contributed by atoms with E-state index in [1.807, 2.05) is 6.08 Å². The van der Waals surface area contributed by atoms with Gasteiger partial charge in [0.15, 0.2) is 0 Å². The van der Waals surface area contributed by atoms with Gasteiger partial charge in [-0.2, -0.15) is 0 Å². The second-order valence-electron chi connectivity index (χ2n) is 7.25. The third-order valence-corrected chi connectivity index (χ3v) is 4.37. The monoisotopic (exact) mass is 500 g/mol. The number of rotatable bonds is 14. The van der Waals surface area contributed by atoms with E-state index in [-0.39, 0.29) is 18.3 Å². The Kier molecular flexibility index (Phi) is 19.2. The topological polar surface area (TPSA) is 29.1 Å². The smallest absolute Gasteiger partial charge is 0.243 e. The van der Waals surface area contributed by atoms with Gasteiger partial charge in [0.1, 0.15) is 0 Å². The van der Waals surface area contributed by atoms with Crippen LogP contribution >= 0.6 is 31.9 Å². The largest absolute Gasteiger partial charge is 1.00 e. The minimum atomic E-state index is 0. The Morgan fingerprint density at radius 3 is 1.96 bits per heavy atom. The molecule has 1 amide bonds. The molecule has 6 heteroatoms. The van der Waals surface area contributed by atoms with Crippen molar-refractivity contribution in [3.8, 4) is 0 Å². The Morgan fingerprint density at radius 2 is 1.44 bits per heavy atom. The van der Waals surface area contributed by atoms with Crippen molar-refractivity contribution in [2.75, 3.05) is 34.2 Å². The SMILES string of the molecule is C[N+](C)(C)CCNC(=O)/C=C/CCCCCCCCCC=C(Br)Br.[Cl-]. The summed E-state index contributed by atoms with van der Waals surface area (Å²) >= 11 is 6.75. The van der Waals surface area contributed by atoms with Gasteiger partial charge in [-0.15, -0.1) is 0 Å². The summed E-state index contributed by atoms with van der Waals surface area (Å²) in [6, 6.07) is 0. The van der Waals surface area contributed by atoms with E-state index in [0.717, 1.165) is 33.8 Å². The van der Waals surface area contributed by atoms with Crippen molar-refractivity contribution >= 4 is 37.8 Å². The van der Waals surface area contributed by atoms with Gasteiger partial charge in [0.25, 0.3) is 0 Å². The second-order valence-corrected chi connectivity index (χ2v) is 10.0. The number of nitrogens with zero attached hydrogens (tertiary/aromatic N) is 1. The molecule has 0 aliphatic carbocycles. The van der Waals surface area contributed by atoms with Crippen LogP contribution in [0.3, 0.4) is 0 Å². The van der Waals surface area contributed by atoms with Crippen molar-refractivity contribution < 1.29 is 21.7 Å². The molecule has 0 rings (SSSR count). The molecule has 0 fully saturated rings. The fourth-order valence-corrected chi connectivity index (χ4v) is 2.72. The number of halogens is 3. The molecular formula is C19H35Br2ClN2O. The van der Waals surface area contributed by atoms with E-state index < -0.39 is 0 Å². The maximum Gasteiger partial charge on any atom is 0.243 e. The van der Waals surface area contributed by atoms with Crippen molar-refractivity contribution in [2.45, 2.75) is 57.8 Å². The van der Waals surface area contributed by atoms with Crippen molar-refractivity contribution in [3.05, 3.63) is 21.6 Å². The van der Waals surface area contributed by atoms with E-state index in [0.29, 0.717) is 0 Å². The highest BCUT2D eigenvalue weighted by Crippen LogP contribution is 2.16. The van der Waals surface area contributed by atoms with Crippen molar-refractivity contribution in [3.63, 3.8) is 0 Å². The first-order valence-corrected chi connectivity index (χ1v) is 10.7. The Bertz CT molecular complexity index is 389. The van der Waals surface area contributed by atoms with Gasteiger partial charge >= 0.3 is 0 Å². The van der Waals surface area contributed by atoms with Gasteiger partial charge in [0.05, 0.1) is 37.6 Å². The summed E-state index contributed by atoms with van der Waals surface area (Å²) in [6.07, 6.45) is 17.0. The molecule has 0 aromatic heterocycles. The molecule has 0 radical (unpaired) electrons. The number of quaternary nitrogens is 1. The lowest BCUT2D eigenvalue weighted by atomic mass is 10.1. The quantitative estimate of drug-likeness (QED) is 0.221. The molecule has 25 heavy (non-hydrogen) atoms. The zero-order chi connectivity index (χ0) is 18.3. The van der Waals surface area contributed by atoms with Crippen LogP contribution in [0.1, 0.15) is 57.8 Å². The molecule has 1 N–H and O–H groups in total. The number of hydrogen-bond donors (Lipinski definition) is 1. The Balaban J connectivity index is 0. The van der Waals surface area contributed by atoms with E-state index in [2.05, 4.69) is 64.4 Å². The molecule has 0 saturated heterocycles. The van der Waals surface area contributed by atoms with Crippen LogP contribution < -0.4 is 17.7 Å². The van der Waals surface area contributed by atoms with Crippen molar-refractivity contribution in [1.29, 1.82) is 0 Å². The fourth-order valence-electron chi connectivity index (χ4n) is 2.27. The summed E-state index contributed by atoms with van der Waals surface area (Å²) in [6.45, 7) is 1.68. The van der Waals surface area contributed by atoms with E-state index in [4.69, 9.17) is 0 Å². The lowest BCUT2D eigenvalue weighted by Crippen LogP contribution is -3.00. The van der Waals surface area contributed by atoms with Gasteiger partial charge in [-0.3, -0.25) is 4.79 Å². The highest BCUT2D eigenvalue weighted by molar-refractivity contribution is 9.28. The van der Waals surface area contributed by atoms with E-state index in [9.17, 15) is 4.79 Å². The van der Waals surface area contributed by atoms with Crippen LogP contribution in [-0.2, 0) is 4.79 Å². The molecule has 0 unspecified atom stereocenters. The van der Waals surface area contributed by atoms with E-state index in [1.165, 1.54) is 44.9 Å². The summed E-state index contributed by atoms with van der Waals surface area (Å²) in [7, 11) is 6.38. The van der Waals surface area contributed by atoms with Gasteiger partial charge in [-0.05, 0) is 63.6 Å². The van der Waals surface area contributed by atoms with Crippen LogP contribution in [0.2, 0.25) is 0 Å². The third kappa shape index (κ3) is 24.2. The molecule has 0 aromatic rings. The first-order valence-electron chi connectivity index (χ1n) is 9.07. The van der Waals surface area contributed by atoms with Gasteiger partial charge in [-0.1, -0.05) is 44.3 Å². The standard InChI is InChI=1S/C19H34Br2N2O.ClH/c1-23(2,3)17-16-22-19(24)15-13-11-9-7-5-4-6-8-10-12-14-18(20)21;/h13-15H,4-12,16-17H2,1-3H3;1H/b15-13+;. The van der Waals surface area contributed by atoms with Crippen LogP contribution in [0.5, 0.6) is 0 Å². The summed E-state index contributed by atoms with van der Waals surface area (Å²) in [5, 5.41) is 2.93. The van der Waals surface area contributed by atoms with Crippen molar-refractivity contribution in [1.82, 2.24) is 5.32 Å². The molecule has 0 aliphatic rings. The maximum absolute atomic E-state index is 11.6. The molecular weight excluding hydrogens is 467 g/mol. The summed E-state index contributed by atoms with van der Waals surface area (Å²) < 4.78 is 1.93. The molecule has 0 bridgehead atoms. The van der Waals surface area contributed by atoms with Crippen LogP contribution in [0.4, 0.5) is 0 Å². The van der Waals surface area contributed by atoms with Gasteiger partial charge in [0, 0.05) is 0 Å².